The zero-order valence-electron chi connectivity index (χ0n) is 8.43. The van der Waals surface area contributed by atoms with Gasteiger partial charge < -0.3 is 0 Å². The summed E-state index contributed by atoms with van der Waals surface area (Å²) in [6, 6.07) is 6.23. The maximum absolute atomic E-state index is 13.4. The summed E-state index contributed by atoms with van der Waals surface area (Å²) < 4.78 is 13.4. The second-order valence-corrected chi connectivity index (χ2v) is 4.42. The van der Waals surface area contributed by atoms with Crippen molar-refractivity contribution >= 4 is 29.6 Å². The highest BCUT2D eigenvalue weighted by Gasteiger charge is 2.12. The molecule has 1 aromatic heterocycles. The Hall–Kier alpha value is -1.46. The lowest BCUT2D eigenvalue weighted by molar-refractivity contribution is 0.112. The fourth-order valence-corrected chi connectivity index (χ4v) is 2.28. The van der Waals surface area contributed by atoms with E-state index in [-0.39, 0.29) is 16.5 Å². The van der Waals surface area contributed by atoms with Crippen LogP contribution in [0.15, 0.2) is 40.5 Å². The number of nitrogens with zero attached hydrogens (tertiary/aromatic N) is 2. The van der Waals surface area contributed by atoms with E-state index in [9.17, 15) is 9.18 Å². The lowest BCUT2D eigenvalue weighted by Gasteiger charge is -2.04. The number of aldehydes is 1. The Morgan fingerprint density at radius 1 is 1.29 bits per heavy atom. The first-order chi connectivity index (χ1) is 8.22. The summed E-state index contributed by atoms with van der Waals surface area (Å²) in [5, 5.41) is 0.402. The lowest BCUT2D eigenvalue weighted by Crippen LogP contribution is -1.94. The zero-order chi connectivity index (χ0) is 12.3. The van der Waals surface area contributed by atoms with Crippen molar-refractivity contribution in [2.45, 2.75) is 9.92 Å². The molecular weight excluding hydrogens is 263 g/mol. The standard InChI is InChI=1S/C11H6ClFN2OS/c12-10-7(5-16)11(15-6-14-10)17-9-4-2-1-3-8(9)13/h1-6H. The molecule has 0 amide bonds. The lowest BCUT2D eigenvalue weighted by atomic mass is 10.3. The molecule has 0 aliphatic carbocycles. The van der Waals surface area contributed by atoms with Crippen LogP contribution in [-0.4, -0.2) is 16.3 Å². The molecule has 1 heterocycles. The van der Waals surface area contributed by atoms with E-state index in [0.717, 1.165) is 11.8 Å². The van der Waals surface area contributed by atoms with Crippen LogP contribution in [0, 0.1) is 5.82 Å². The molecule has 6 heteroatoms. The van der Waals surface area contributed by atoms with Crippen molar-refractivity contribution in [3.63, 3.8) is 0 Å². The Morgan fingerprint density at radius 3 is 2.76 bits per heavy atom. The highest BCUT2D eigenvalue weighted by molar-refractivity contribution is 7.99. The van der Waals surface area contributed by atoms with Crippen molar-refractivity contribution in [1.29, 1.82) is 0 Å². The van der Waals surface area contributed by atoms with E-state index >= 15 is 0 Å². The topological polar surface area (TPSA) is 42.9 Å². The summed E-state index contributed by atoms with van der Waals surface area (Å²) in [7, 11) is 0. The first-order valence-corrected chi connectivity index (χ1v) is 5.80. The maximum Gasteiger partial charge on any atom is 0.155 e. The maximum atomic E-state index is 13.4. The van der Waals surface area contributed by atoms with Crippen LogP contribution in [0.25, 0.3) is 0 Å². The molecule has 0 radical (unpaired) electrons. The van der Waals surface area contributed by atoms with Gasteiger partial charge in [-0.3, -0.25) is 4.79 Å². The number of hydrogen-bond donors (Lipinski definition) is 0. The monoisotopic (exact) mass is 268 g/mol. The van der Waals surface area contributed by atoms with Crippen LogP contribution < -0.4 is 0 Å². The third-order valence-corrected chi connectivity index (χ3v) is 3.33. The highest BCUT2D eigenvalue weighted by atomic mass is 35.5. The van der Waals surface area contributed by atoms with Gasteiger partial charge in [0, 0.05) is 4.90 Å². The molecule has 0 bridgehead atoms. The minimum absolute atomic E-state index is 0.0637. The molecule has 0 saturated carbocycles. The Kier molecular flexibility index (Phi) is 3.71. The number of carbonyl (C=O) groups is 1. The minimum Gasteiger partial charge on any atom is -0.298 e. The van der Waals surface area contributed by atoms with Crippen molar-refractivity contribution in [2.24, 2.45) is 0 Å². The van der Waals surface area contributed by atoms with Crippen molar-refractivity contribution in [2.75, 3.05) is 0 Å². The van der Waals surface area contributed by atoms with E-state index in [1.165, 1.54) is 12.4 Å². The second-order valence-electron chi connectivity index (χ2n) is 3.03. The normalized spacial score (nSPS) is 10.2. The van der Waals surface area contributed by atoms with Gasteiger partial charge in [-0.2, -0.15) is 0 Å². The number of carbonyl (C=O) groups excluding carboxylic acids is 1. The van der Waals surface area contributed by atoms with E-state index in [1.54, 1.807) is 18.2 Å². The average Bonchev–Trinajstić information content (AvgIpc) is 2.32. The van der Waals surface area contributed by atoms with Crippen molar-refractivity contribution < 1.29 is 9.18 Å². The van der Waals surface area contributed by atoms with Gasteiger partial charge in [-0.25, -0.2) is 14.4 Å². The van der Waals surface area contributed by atoms with Crippen LogP contribution in [0.4, 0.5) is 4.39 Å². The smallest absolute Gasteiger partial charge is 0.155 e. The predicted octanol–water partition coefficient (Wildman–Crippen LogP) is 3.23. The van der Waals surface area contributed by atoms with E-state index in [4.69, 9.17) is 11.6 Å². The molecule has 17 heavy (non-hydrogen) atoms. The van der Waals surface area contributed by atoms with Gasteiger partial charge in [0.25, 0.3) is 0 Å². The Balaban J connectivity index is 2.40. The molecular formula is C11H6ClFN2OS. The third-order valence-electron chi connectivity index (χ3n) is 1.96. The number of benzene rings is 1. The molecule has 0 saturated heterocycles. The van der Waals surface area contributed by atoms with Gasteiger partial charge in [-0.05, 0) is 12.1 Å². The van der Waals surface area contributed by atoms with Crippen LogP contribution in [0.5, 0.6) is 0 Å². The largest absolute Gasteiger partial charge is 0.298 e. The number of aromatic nitrogens is 2. The molecule has 0 unspecified atom stereocenters. The Morgan fingerprint density at radius 2 is 2.06 bits per heavy atom. The fourth-order valence-electron chi connectivity index (χ4n) is 1.17. The minimum atomic E-state index is -0.371. The van der Waals surface area contributed by atoms with E-state index in [2.05, 4.69) is 9.97 Å². The Labute approximate surface area is 106 Å². The van der Waals surface area contributed by atoms with Gasteiger partial charge in [0.2, 0.25) is 0 Å². The van der Waals surface area contributed by atoms with Gasteiger partial charge in [-0.1, -0.05) is 35.5 Å². The van der Waals surface area contributed by atoms with Gasteiger partial charge >= 0.3 is 0 Å². The van der Waals surface area contributed by atoms with Crippen LogP contribution in [0.2, 0.25) is 5.15 Å². The molecule has 0 aliphatic heterocycles. The summed E-state index contributed by atoms with van der Waals surface area (Å²) in [6.07, 6.45) is 1.80. The molecule has 1 aromatic carbocycles. The Bertz CT molecular complexity index is 565. The highest BCUT2D eigenvalue weighted by Crippen LogP contribution is 2.31. The number of hydrogen-bond acceptors (Lipinski definition) is 4. The van der Waals surface area contributed by atoms with Gasteiger partial charge in [0.15, 0.2) is 6.29 Å². The summed E-state index contributed by atoms with van der Waals surface area (Å²) in [4.78, 5) is 18.8. The molecule has 0 fully saturated rings. The molecule has 2 rings (SSSR count). The van der Waals surface area contributed by atoms with Crippen LogP contribution in [0.3, 0.4) is 0 Å². The molecule has 0 N–H and O–H groups in total. The first kappa shape index (κ1) is 12.0. The third kappa shape index (κ3) is 2.62. The zero-order valence-corrected chi connectivity index (χ0v) is 10.0. The van der Waals surface area contributed by atoms with Crippen molar-refractivity contribution in [3.05, 3.63) is 47.1 Å². The SMILES string of the molecule is O=Cc1c(Cl)ncnc1Sc1ccccc1F. The molecule has 2 aromatic rings. The van der Waals surface area contributed by atoms with E-state index < -0.39 is 0 Å². The molecule has 0 aliphatic rings. The van der Waals surface area contributed by atoms with Crippen LogP contribution >= 0.6 is 23.4 Å². The average molecular weight is 269 g/mol. The van der Waals surface area contributed by atoms with Gasteiger partial charge in [0.05, 0.1) is 5.56 Å². The number of rotatable bonds is 3. The van der Waals surface area contributed by atoms with Gasteiger partial charge in [-0.15, -0.1) is 0 Å². The molecule has 3 nitrogen and oxygen atoms in total. The van der Waals surface area contributed by atoms with Crippen LogP contribution in [-0.2, 0) is 0 Å². The summed E-state index contributed by atoms with van der Waals surface area (Å²) >= 11 is 6.78. The van der Waals surface area contributed by atoms with E-state index in [0.29, 0.717) is 16.2 Å². The fraction of sp³-hybridized carbons (Fsp3) is 0. The predicted molar refractivity (Wildman–Crippen MR) is 63.0 cm³/mol. The molecule has 0 spiro atoms. The first-order valence-electron chi connectivity index (χ1n) is 4.60. The molecule has 0 atom stereocenters. The number of halogens is 2. The van der Waals surface area contributed by atoms with Gasteiger partial charge in [0.1, 0.15) is 22.3 Å². The second kappa shape index (κ2) is 5.25. The summed E-state index contributed by atoms with van der Waals surface area (Å²) in [5.41, 5.74) is 0.169. The summed E-state index contributed by atoms with van der Waals surface area (Å²) in [5.74, 6) is -0.371. The van der Waals surface area contributed by atoms with Crippen LogP contribution in [0.1, 0.15) is 10.4 Å². The van der Waals surface area contributed by atoms with E-state index in [1.807, 2.05) is 0 Å². The quantitative estimate of drug-likeness (QED) is 0.633. The summed E-state index contributed by atoms with van der Waals surface area (Å²) in [6.45, 7) is 0. The molecule has 86 valence electrons. The van der Waals surface area contributed by atoms with Crippen molar-refractivity contribution in [1.82, 2.24) is 9.97 Å². The van der Waals surface area contributed by atoms with Crippen molar-refractivity contribution in [3.8, 4) is 0 Å².